The van der Waals surface area contributed by atoms with Crippen molar-refractivity contribution in [2.45, 2.75) is 213 Å². The molecular formula is C48H91NO8P+. The van der Waals surface area contributed by atoms with E-state index in [0.29, 0.717) is 17.4 Å². The summed E-state index contributed by atoms with van der Waals surface area (Å²) in [4.78, 5) is 35.4. The summed E-state index contributed by atoms with van der Waals surface area (Å²) in [6.45, 7) is 4.39. The molecule has 0 saturated heterocycles. The Morgan fingerprint density at radius 2 is 0.931 bits per heavy atom. The van der Waals surface area contributed by atoms with Crippen LogP contribution in [0.3, 0.4) is 0 Å². The number of quaternary nitrogens is 1. The Bertz CT molecular complexity index is 1090. The van der Waals surface area contributed by atoms with Gasteiger partial charge in [-0.3, -0.25) is 18.6 Å². The van der Waals surface area contributed by atoms with E-state index in [9.17, 15) is 19.0 Å². The van der Waals surface area contributed by atoms with Gasteiger partial charge in [0, 0.05) is 12.8 Å². The van der Waals surface area contributed by atoms with Crippen LogP contribution in [-0.2, 0) is 32.7 Å². The fraction of sp³-hybridized carbons (Fsp3) is 0.833. The van der Waals surface area contributed by atoms with E-state index in [1.165, 1.54) is 109 Å². The summed E-state index contributed by atoms with van der Waals surface area (Å²) in [5.74, 6) is -0.815. The van der Waals surface area contributed by atoms with Crippen molar-refractivity contribution in [3.8, 4) is 0 Å². The highest BCUT2D eigenvalue weighted by Gasteiger charge is 2.27. The van der Waals surface area contributed by atoms with Gasteiger partial charge in [-0.1, -0.05) is 166 Å². The minimum absolute atomic E-state index is 0.0288. The van der Waals surface area contributed by atoms with Crippen molar-refractivity contribution in [1.82, 2.24) is 0 Å². The minimum atomic E-state index is -4.38. The molecule has 0 fully saturated rings. The van der Waals surface area contributed by atoms with Gasteiger partial charge in [0.05, 0.1) is 27.7 Å². The average molecular weight is 841 g/mol. The second kappa shape index (κ2) is 40.6. The number of likely N-dealkylation sites (N-methyl/N-ethyl adjacent to an activating group) is 1. The first-order valence-electron chi connectivity index (χ1n) is 23.7. The third-order valence-electron chi connectivity index (χ3n) is 10.2. The monoisotopic (exact) mass is 841 g/mol. The molecule has 58 heavy (non-hydrogen) atoms. The highest BCUT2D eigenvalue weighted by atomic mass is 31.2. The van der Waals surface area contributed by atoms with E-state index in [4.69, 9.17) is 18.5 Å². The maximum absolute atomic E-state index is 12.7. The van der Waals surface area contributed by atoms with Crippen molar-refractivity contribution >= 4 is 19.8 Å². The Morgan fingerprint density at radius 1 is 0.534 bits per heavy atom. The van der Waals surface area contributed by atoms with Gasteiger partial charge in [0.15, 0.2) is 6.10 Å². The van der Waals surface area contributed by atoms with Crippen LogP contribution >= 0.6 is 7.82 Å². The molecule has 1 N–H and O–H groups in total. The number of hydrogen-bond acceptors (Lipinski definition) is 7. The number of ether oxygens (including phenoxy) is 2. The fourth-order valence-electron chi connectivity index (χ4n) is 6.41. The smallest absolute Gasteiger partial charge is 0.462 e. The van der Waals surface area contributed by atoms with E-state index in [0.717, 1.165) is 64.2 Å². The third-order valence-corrected chi connectivity index (χ3v) is 11.2. The topological polar surface area (TPSA) is 108 Å². The minimum Gasteiger partial charge on any atom is -0.462 e. The van der Waals surface area contributed by atoms with Gasteiger partial charge in [-0.25, -0.2) is 4.57 Å². The number of phosphoric acid groups is 1. The second-order valence-corrected chi connectivity index (χ2v) is 18.6. The molecule has 0 aromatic rings. The molecule has 1 unspecified atom stereocenters. The molecule has 340 valence electrons. The van der Waals surface area contributed by atoms with Crippen LogP contribution in [0.2, 0.25) is 0 Å². The SMILES string of the molecule is CCCCCC/C=C/C=C/CCCCCCCC(=O)OC[C@H](COP(=O)(O)OCC[N+](C)(C)C)OC(=O)CCCCCCCCCCC/C=C/CCCCCCCC. The van der Waals surface area contributed by atoms with E-state index in [1.807, 2.05) is 21.1 Å². The molecule has 0 spiro atoms. The fourth-order valence-corrected chi connectivity index (χ4v) is 7.15. The first kappa shape index (κ1) is 56.2. The van der Waals surface area contributed by atoms with Crippen LogP contribution in [-0.4, -0.2) is 74.9 Å². The standard InChI is InChI=1S/C48H90NO8P/c1-6-8-10-12-14-16-18-20-22-23-24-25-27-29-31-33-35-37-39-41-48(51)57-46(45-56-58(52,53)55-43-42-49(3,4)5)44-54-47(50)40-38-36-34-32-30-28-26-21-19-17-15-13-11-9-7-2/h17,19-22,26,46H,6-16,18,23-25,27-45H2,1-5H3/p+1/b19-17+,22-20+,26-21+/t46-/m1/s1. The number of carbonyl (C=O) groups is 2. The zero-order valence-corrected chi connectivity index (χ0v) is 39.2. The van der Waals surface area contributed by atoms with Gasteiger partial charge in [0.2, 0.25) is 0 Å². The predicted molar refractivity (Wildman–Crippen MR) is 243 cm³/mol. The van der Waals surface area contributed by atoms with Gasteiger partial charge < -0.3 is 18.9 Å². The Balaban J connectivity index is 4.32. The van der Waals surface area contributed by atoms with Gasteiger partial charge in [0.25, 0.3) is 0 Å². The molecule has 0 aliphatic rings. The Morgan fingerprint density at radius 3 is 1.40 bits per heavy atom. The van der Waals surface area contributed by atoms with E-state index in [1.54, 1.807) is 0 Å². The highest BCUT2D eigenvalue weighted by Crippen LogP contribution is 2.43. The number of unbranched alkanes of at least 4 members (excludes halogenated alkanes) is 24. The summed E-state index contributed by atoms with van der Waals surface area (Å²) >= 11 is 0. The molecular weight excluding hydrogens is 750 g/mol. The summed E-state index contributed by atoms with van der Waals surface area (Å²) in [5.41, 5.74) is 0. The summed E-state index contributed by atoms with van der Waals surface area (Å²) in [5, 5.41) is 0. The number of nitrogens with zero attached hydrogens (tertiary/aromatic N) is 1. The van der Waals surface area contributed by atoms with Crippen LogP contribution in [0.1, 0.15) is 206 Å². The summed E-state index contributed by atoms with van der Waals surface area (Å²) in [6, 6.07) is 0. The zero-order chi connectivity index (χ0) is 42.8. The van der Waals surface area contributed by atoms with Gasteiger partial charge in [0.1, 0.15) is 19.8 Å². The molecule has 0 aliphatic carbocycles. The van der Waals surface area contributed by atoms with Crippen molar-refractivity contribution in [3.63, 3.8) is 0 Å². The third kappa shape index (κ3) is 43.8. The summed E-state index contributed by atoms with van der Waals surface area (Å²) < 4.78 is 34.4. The number of allylic oxidation sites excluding steroid dienone is 6. The summed E-state index contributed by atoms with van der Waals surface area (Å²) in [7, 11) is 1.47. The normalized spacial score (nSPS) is 13.8. The maximum Gasteiger partial charge on any atom is 0.472 e. The van der Waals surface area contributed by atoms with E-state index in [2.05, 4.69) is 50.3 Å². The molecule has 9 nitrogen and oxygen atoms in total. The molecule has 0 heterocycles. The van der Waals surface area contributed by atoms with Gasteiger partial charge in [-0.2, -0.15) is 0 Å². The van der Waals surface area contributed by atoms with E-state index < -0.39 is 26.5 Å². The average Bonchev–Trinajstić information content (AvgIpc) is 3.17. The van der Waals surface area contributed by atoms with Gasteiger partial charge >= 0.3 is 19.8 Å². The molecule has 0 amide bonds. The first-order valence-corrected chi connectivity index (χ1v) is 25.2. The highest BCUT2D eigenvalue weighted by molar-refractivity contribution is 7.47. The zero-order valence-electron chi connectivity index (χ0n) is 38.3. The van der Waals surface area contributed by atoms with Crippen LogP contribution in [0.5, 0.6) is 0 Å². The largest absolute Gasteiger partial charge is 0.472 e. The number of carbonyl (C=O) groups excluding carboxylic acids is 2. The molecule has 2 atom stereocenters. The first-order chi connectivity index (χ1) is 28.0. The lowest BCUT2D eigenvalue weighted by molar-refractivity contribution is -0.870. The lowest BCUT2D eigenvalue weighted by Gasteiger charge is -2.24. The maximum atomic E-state index is 12.7. The summed E-state index contributed by atoms with van der Waals surface area (Å²) in [6.07, 6.45) is 46.1. The molecule has 0 saturated carbocycles. The Labute approximate surface area is 357 Å². The van der Waals surface area contributed by atoms with Crippen molar-refractivity contribution in [1.29, 1.82) is 0 Å². The lowest BCUT2D eigenvalue weighted by atomic mass is 10.1. The molecule has 0 radical (unpaired) electrons. The van der Waals surface area contributed by atoms with Crippen LogP contribution in [0.4, 0.5) is 0 Å². The van der Waals surface area contributed by atoms with Crippen LogP contribution in [0.15, 0.2) is 36.5 Å². The molecule has 0 aromatic carbocycles. The van der Waals surface area contributed by atoms with Crippen molar-refractivity contribution in [3.05, 3.63) is 36.5 Å². The number of esters is 2. The van der Waals surface area contributed by atoms with Crippen molar-refractivity contribution in [2.75, 3.05) is 47.5 Å². The van der Waals surface area contributed by atoms with E-state index >= 15 is 0 Å². The van der Waals surface area contributed by atoms with Crippen LogP contribution in [0.25, 0.3) is 0 Å². The number of phosphoric ester groups is 1. The number of rotatable bonds is 43. The van der Waals surface area contributed by atoms with Crippen LogP contribution < -0.4 is 0 Å². The predicted octanol–water partition coefficient (Wildman–Crippen LogP) is 13.7. The van der Waals surface area contributed by atoms with Crippen molar-refractivity contribution < 1.29 is 42.1 Å². The molecule has 0 aliphatic heterocycles. The second-order valence-electron chi connectivity index (χ2n) is 17.2. The van der Waals surface area contributed by atoms with Crippen LogP contribution in [0, 0.1) is 0 Å². The molecule has 10 heteroatoms. The molecule has 0 rings (SSSR count). The van der Waals surface area contributed by atoms with Crippen molar-refractivity contribution in [2.24, 2.45) is 0 Å². The van der Waals surface area contributed by atoms with Gasteiger partial charge in [-0.15, -0.1) is 0 Å². The molecule has 0 bridgehead atoms. The van der Waals surface area contributed by atoms with Gasteiger partial charge in [-0.05, 0) is 64.2 Å². The molecule has 0 aromatic heterocycles. The quantitative estimate of drug-likeness (QED) is 0.0161. The lowest BCUT2D eigenvalue weighted by Crippen LogP contribution is -2.37. The van der Waals surface area contributed by atoms with E-state index in [-0.39, 0.29) is 32.0 Å². The number of hydrogen-bond donors (Lipinski definition) is 1. The Kier molecular flexibility index (Phi) is 39.4. The Hall–Kier alpha value is -1.77.